The first-order valence-corrected chi connectivity index (χ1v) is 11.6. The first kappa shape index (κ1) is 24.9. The summed E-state index contributed by atoms with van der Waals surface area (Å²) in [6.07, 6.45) is 0.457. The number of benzene rings is 2. The normalized spacial score (nSPS) is 19.7. The van der Waals surface area contributed by atoms with Crippen LogP contribution in [-0.2, 0) is 9.59 Å². The van der Waals surface area contributed by atoms with Gasteiger partial charge in [0.2, 0.25) is 11.8 Å². The zero-order valence-corrected chi connectivity index (χ0v) is 20.0. The van der Waals surface area contributed by atoms with E-state index in [1.54, 1.807) is 11.8 Å². The summed E-state index contributed by atoms with van der Waals surface area (Å²) in [7, 11) is 0. The van der Waals surface area contributed by atoms with Crippen LogP contribution in [0.2, 0.25) is 0 Å². The van der Waals surface area contributed by atoms with Gasteiger partial charge >= 0.3 is 0 Å². The SMILES string of the molecule is CC(C)[C@H](NC(=O)[C@H](C)NCl)C(=O)N1C[C@@H](Oc2ccccc2)C[C@H]1COc1ccccc1. The average molecular weight is 474 g/mol. The lowest BCUT2D eigenvalue weighted by Gasteiger charge is -2.31. The average Bonchev–Trinajstić information content (AvgIpc) is 3.23. The van der Waals surface area contributed by atoms with Crippen molar-refractivity contribution in [3.63, 3.8) is 0 Å². The molecule has 0 spiro atoms. The molecule has 1 heterocycles. The van der Waals surface area contributed by atoms with Gasteiger partial charge in [-0.15, -0.1) is 0 Å². The van der Waals surface area contributed by atoms with E-state index < -0.39 is 12.1 Å². The fraction of sp³-hybridized carbons (Fsp3) is 0.440. The quantitative estimate of drug-likeness (QED) is 0.517. The van der Waals surface area contributed by atoms with Gasteiger partial charge in [0.15, 0.2) is 0 Å². The second kappa shape index (κ2) is 11.9. The van der Waals surface area contributed by atoms with Crippen molar-refractivity contribution in [3.8, 4) is 11.5 Å². The highest BCUT2D eigenvalue weighted by Crippen LogP contribution is 2.26. The number of para-hydroxylation sites is 2. The fourth-order valence-corrected chi connectivity index (χ4v) is 3.91. The topological polar surface area (TPSA) is 79.9 Å². The number of likely N-dealkylation sites (tertiary alicyclic amines) is 1. The van der Waals surface area contributed by atoms with E-state index in [1.165, 1.54) is 0 Å². The standard InChI is InChI=1S/C25H32ClN3O4/c1-17(2)23(27-24(30)18(3)28-26)25(31)29-15-22(33-21-12-8-5-9-13-21)14-19(29)16-32-20-10-6-4-7-11-20/h4-13,17-19,22-23,28H,14-16H2,1-3H3,(H,27,30)/t18-,19-,22-,23-/m0/s1. The zero-order valence-electron chi connectivity index (χ0n) is 19.2. The van der Waals surface area contributed by atoms with Crippen molar-refractivity contribution in [2.75, 3.05) is 13.2 Å². The molecule has 2 aromatic carbocycles. The Balaban J connectivity index is 1.75. The molecule has 2 amide bonds. The molecule has 0 radical (unpaired) electrons. The predicted octanol–water partition coefficient (Wildman–Crippen LogP) is 3.39. The summed E-state index contributed by atoms with van der Waals surface area (Å²) in [4.78, 5) is 30.2. The highest BCUT2D eigenvalue weighted by molar-refractivity contribution is 6.15. The number of rotatable bonds is 10. The lowest BCUT2D eigenvalue weighted by molar-refractivity contribution is -0.139. The van der Waals surface area contributed by atoms with E-state index in [-0.39, 0.29) is 29.9 Å². The van der Waals surface area contributed by atoms with E-state index in [9.17, 15) is 9.59 Å². The molecular formula is C25H32ClN3O4. The first-order chi connectivity index (χ1) is 15.9. The van der Waals surface area contributed by atoms with Gasteiger partial charge in [-0.05, 0) is 48.9 Å². The monoisotopic (exact) mass is 473 g/mol. The van der Waals surface area contributed by atoms with Gasteiger partial charge in [0.05, 0.1) is 18.6 Å². The molecule has 2 N–H and O–H groups in total. The Morgan fingerprint density at radius 2 is 1.64 bits per heavy atom. The Morgan fingerprint density at radius 3 is 2.21 bits per heavy atom. The third-order valence-corrected chi connectivity index (χ3v) is 6.01. The summed E-state index contributed by atoms with van der Waals surface area (Å²) in [5.41, 5.74) is 0. The van der Waals surface area contributed by atoms with Gasteiger partial charge in [0.25, 0.3) is 0 Å². The first-order valence-electron chi connectivity index (χ1n) is 11.3. The van der Waals surface area contributed by atoms with E-state index in [4.69, 9.17) is 21.3 Å². The number of amides is 2. The fourth-order valence-electron chi connectivity index (χ4n) is 3.81. The number of nitrogens with zero attached hydrogens (tertiary/aromatic N) is 1. The number of carbonyl (C=O) groups excluding carboxylic acids is 2. The molecule has 4 atom stereocenters. The Hall–Kier alpha value is -2.77. The summed E-state index contributed by atoms with van der Waals surface area (Å²) in [5, 5.41) is 2.84. The summed E-state index contributed by atoms with van der Waals surface area (Å²) < 4.78 is 12.1. The Bertz CT molecular complexity index is 897. The zero-order chi connectivity index (χ0) is 23.8. The molecule has 0 bridgehead atoms. The minimum atomic E-state index is -0.681. The maximum Gasteiger partial charge on any atom is 0.245 e. The second-order valence-electron chi connectivity index (χ2n) is 8.62. The number of ether oxygens (including phenoxy) is 2. The molecule has 178 valence electrons. The van der Waals surface area contributed by atoms with Crippen LogP contribution >= 0.6 is 11.8 Å². The molecule has 0 unspecified atom stereocenters. The highest BCUT2D eigenvalue weighted by Gasteiger charge is 2.41. The van der Waals surface area contributed by atoms with E-state index in [0.717, 1.165) is 11.5 Å². The van der Waals surface area contributed by atoms with Crippen LogP contribution in [-0.4, -0.2) is 54.1 Å². The van der Waals surface area contributed by atoms with E-state index >= 15 is 0 Å². The van der Waals surface area contributed by atoms with Gasteiger partial charge in [0.1, 0.15) is 30.3 Å². The molecule has 7 nitrogen and oxygen atoms in total. The minimum absolute atomic E-state index is 0.103. The van der Waals surface area contributed by atoms with Crippen LogP contribution in [0.4, 0.5) is 0 Å². The van der Waals surface area contributed by atoms with Crippen molar-refractivity contribution in [1.29, 1.82) is 0 Å². The summed E-state index contributed by atoms with van der Waals surface area (Å²) >= 11 is 5.60. The molecule has 2 aromatic rings. The highest BCUT2D eigenvalue weighted by atomic mass is 35.5. The van der Waals surface area contributed by atoms with Crippen molar-refractivity contribution >= 4 is 23.6 Å². The number of hydrogen-bond donors (Lipinski definition) is 2. The molecular weight excluding hydrogens is 442 g/mol. The van der Waals surface area contributed by atoms with Crippen LogP contribution in [0.5, 0.6) is 11.5 Å². The minimum Gasteiger partial charge on any atom is -0.491 e. The van der Waals surface area contributed by atoms with E-state index in [0.29, 0.717) is 19.6 Å². The third kappa shape index (κ3) is 6.85. The number of nitrogens with one attached hydrogen (secondary N) is 2. The molecule has 0 aromatic heterocycles. The van der Waals surface area contributed by atoms with Crippen molar-refractivity contribution in [3.05, 3.63) is 60.7 Å². The summed E-state index contributed by atoms with van der Waals surface area (Å²) in [6.45, 7) is 6.21. The summed E-state index contributed by atoms with van der Waals surface area (Å²) in [6, 6.07) is 17.6. The summed E-state index contributed by atoms with van der Waals surface area (Å²) in [5.74, 6) is 0.920. The lowest BCUT2D eigenvalue weighted by Crippen LogP contribution is -2.55. The largest absolute Gasteiger partial charge is 0.491 e. The third-order valence-electron chi connectivity index (χ3n) is 5.68. The molecule has 0 aliphatic carbocycles. The Morgan fingerprint density at radius 1 is 1.03 bits per heavy atom. The molecule has 3 rings (SSSR count). The maximum absolute atomic E-state index is 13.6. The lowest BCUT2D eigenvalue weighted by atomic mass is 10.0. The van der Waals surface area contributed by atoms with Crippen molar-refractivity contribution < 1.29 is 19.1 Å². The molecule has 33 heavy (non-hydrogen) atoms. The predicted molar refractivity (Wildman–Crippen MR) is 128 cm³/mol. The van der Waals surface area contributed by atoms with Gasteiger partial charge in [-0.25, -0.2) is 4.84 Å². The molecule has 8 heteroatoms. The van der Waals surface area contributed by atoms with Gasteiger partial charge in [-0.3, -0.25) is 9.59 Å². The van der Waals surface area contributed by atoms with Crippen LogP contribution in [0.25, 0.3) is 0 Å². The van der Waals surface area contributed by atoms with Crippen LogP contribution < -0.4 is 19.6 Å². The number of hydrogen-bond acceptors (Lipinski definition) is 5. The Kier molecular flexibility index (Phi) is 8.97. The van der Waals surface area contributed by atoms with Crippen LogP contribution in [0.1, 0.15) is 27.2 Å². The Labute approximate surface area is 200 Å². The number of halogens is 1. The second-order valence-corrected chi connectivity index (χ2v) is 8.84. The molecule has 0 saturated carbocycles. The molecule has 1 saturated heterocycles. The van der Waals surface area contributed by atoms with Gasteiger partial charge in [0, 0.05) is 6.42 Å². The van der Waals surface area contributed by atoms with Crippen LogP contribution in [0.15, 0.2) is 60.7 Å². The van der Waals surface area contributed by atoms with Gasteiger partial charge in [-0.2, -0.15) is 0 Å². The molecule has 1 aliphatic rings. The maximum atomic E-state index is 13.6. The van der Waals surface area contributed by atoms with E-state index in [1.807, 2.05) is 74.5 Å². The van der Waals surface area contributed by atoms with Crippen molar-refractivity contribution in [2.45, 2.75) is 51.4 Å². The van der Waals surface area contributed by atoms with Crippen molar-refractivity contribution in [2.24, 2.45) is 5.92 Å². The van der Waals surface area contributed by atoms with Gasteiger partial charge in [-0.1, -0.05) is 50.2 Å². The molecule has 1 aliphatic heterocycles. The molecule has 1 fully saturated rings. The van der Waals surface area contributed by atoms with Crippen LogP contribution in [0, 0.1) is 5.92 Å². The van der Waals surface area contributed by atoms with Crippen molar-refractivity contribution in [1.82, 2.24) is 15.1 Å². The smallest absolute Gasteiger partial charge is 0.245 e. The van der Waals surface area contributed by atoms with Gasteiger partial charge < -0.3 is 19.7 Å². The van der Waals surface area contributed by atoms with Crippen LogP contribution in [0.3, 0.4) is 0 Å². The van der Waals surface area contributed by atoms with E-state index in [2.05, 4.69) is 10.2 Å². The number of carbonyl (C=O) groups is 2.